The zero-order valence-corrected chi connectivity index (χ0v) is 10.8. The van der Waals surface area contributed by atoms with Gasteiger partial charge >= 0.3 is 12.0 Å². The minimum absolute atomic E-state index is 0.206. The number of allylic oxidation sites excluding steroid dienone is 2. The van der Waals surface area contributed by atoms with Gasteiger partial charge in [0.05, 0.1) is 5.92 Å². The Morgan fingerprint density at radius 1 is 1.39 bits per heavy atom. The number of carbonyl (C=O) groups excluding carboxylic acids is 1. The standard InChI is InChI=1S/C13H22N2O3/c1-10(12(16)17)7-8-14-13(18)15-9-11-5-3-2-4-6-11/h2-3,10-11H,4-9H2,1H3,(H,16,17)(H2,14,15,18). The molecule has 102 valence electrons. The van der Waals surface area contributed by atoms with Gasteiger partial charge in [-0.05, 0) is 31.6 Å². The summed E-state index contributed by atoms with van der Waals surface area (Å²) in [5.41, 5.74) is 0. The van der Waals surface area contributed by atoms with E-state index in [1.807, 2.05) is 0 Å². The van der Waals surface area contributed by atoms with Gasteiger partial charge in [0, 0.05) is 13.1 Å². The number of urea groups is 1. The molecule has 0 fully saturated rings. The molecule has 0 saturated heterocycles. The van der Waals surface area contributed by atoms with Crippen LogP contribution in [0.2, 0.25) is 0 Å². The van der Waals surface area contributed by atoms with E-state index >= 15 is 0 Å². The van der Waals surface area contributed by atoms with Crippen LogP contribution < -0.4 is 10.6 Å². The second-order valence-electron chi connectivity index (χ2n) is 4.82. The van der Waals surface area contributed by atoms with Crippen molar-refractivity contribution in [1.82, 2.24) is 10.6 Å². The summed E-state index contributed by atoms with van der Waals surface area (Å²) in [7, 11) is 0. The van der Waals surface area contributed by atoms with Crippen molar-refractivity contribution in [2.45, 2.75) is 32.6 Å². The molecular formula is C13H22N2O3. The van der Waals surface area contributed by atoms with Crippen LogP contribution >= 0.6 is 0 Å². The third kappa shape index (κ3) is 5.70. The summed E-state index contributed by atoms with van der Waals surface area (Å²) in [4.78, 5) is 22.0. The fourth-order valence-corrected chi connectivity index (χ4v) is 1.87. The van der Waals surface area contributed by atoms with Crippen LogP contribution in [-0.2, 0) is 4.79 Å². The van der Waals surface area contributed by atoms with E-state index in [1.165, 1.54) is 0 Å². The largest absolute Gasteiger partial charge is 0.481 e. The molecule has 0 saturated carbocycles. The molecule has 0 heterocycles. The zero-order chi connectivity index (χ0) is 13.4. The highest BCUT2D eigenvalue weighted by Crippen LogP contribution is 2.16. The van der Waals surface area contributed by atoms with Crippen LogP contribution in [0.25, 0.3) is 0 Å². The first-order chi connectivity index (χ1) is 8.59. The number of nitrogens with one attached hydrogen (secondary N) is 2. The summed E-state index contributed by atoms with van der Waals surface area (Å²) in [6.45, 7) is 2.71. The van der Waals surface area contributed by atoms with Crippen molar-refractivity contribution in [3.8, 4) is 0 Å². The summed E-state index contributed by atoms with van der Waals surface area (Å²) in [5, 5.41) is 14.2. The van der Waals surface area contributed by atoms with Gasteiger partial charge in [0.2, 0.25) is 0 Å². The number of carbonyl (C=O) groups is 2. The van der Waals surface area contributed by atoms with Gasteiger partial charge in [-0.25, -0.2) is 4.79 Å². The Morgan fingerprint density at radius 2 is 2.17 bits per heavy atom. The van der Waals surface area contributed by atoms with Crippen molar-refractivity contribution in [2.75, 3.05) is 13.1 Å². The number of hydrogen-bond acceptors (Lipinski definition) is 2. The number of carboxylic acid groups (broad SMARTS) is 1. The second kappa shape index (κ2) is 7.74. The number of amides is 2. The molecule has 5 nitrogen and oxygen atoms in total. The molecule has 1 aliphatic rings. The first kappa shape index (κ1) is 14.5. The Kier molecular flexibility index (Phi) is 6.25. The fourth-order valence-electron chi connectivity index (χ4n) is 1.87. The van der Waals surface area contributed by atoms with Crippen LogP contribution in [0.3, 0.4) is 0 Å². The van der Waals surface area contributed by atoms with Gasteiger partial charge < -0.3 is 15.7 Å². The lowest BCUT2D eigenvalue weighted by Gasteiger charge is -2.18. The highest BCUT2D eigenvalue weighted by atomic mass is 16.4. The minimum atomic E-state index is -0.828. The van der Waals surface area contributed by atoms with Crippen molar-refractivity contribution in [1.29, 1.82) is 0 Å². The Bertz CT molecular complexity index is 315. The van der Waals surface area contributed by atoms with Gasteiger partial charge in [-0.3, -0.25) is 4.79 Å². The van der Waals surface area contributed by atoms with Crippen LogP contribution in [0.5, 0.6) is 0 Å². The normalized spacial score (nSPS) is 20.2. The minimum Gasteiger partial charge on any atom is -0.481 e. The molecule has 0 aliphatic heterocycles. The maximum absolute atomic E-state index is 11.4. The predicted octanol–water partition coefficient (Wildman–Crippen LogP) is 1.75. The van der Waals surface area contributed by atoms with Crippen molar-refractivity contribution in [2.24, 2.45) is 11.8 Å². The van der Waals surface area contributed by atoms with Crippen LogP contribution in [0.15, 0.2) is 12.2 Å². The first-order valence-electron chi connectivity index (χ1n) is 6.49. The highest BCUT2D eigenvalue weighted by molar-refractivity contribution is 5.74. The monoisotopic (exact) mass is 254 g/mol. The number of aliphatic carboxylic acids is 1. The third-order valence-electron chi connectivity index (χ3n) is 3.21. The predicted molar refractivity (Wildman–Crippen MR) is 69.3 cm³/mol. The van der Waals surface area contributed by atoms with Crippen molar-refractivity contribution in [3.05, 3.63) is 12.2 Å². The molecule has 0 aromatic rings. The fraction of sp³-hybridized carbons (Fsp3) is 0.692. The zero-order valence-electron chi connectivity index (χ0n) is 10.8. The van der Waals surface area contributed by atoms with E-state index in [4.69, 9.17) is 5.11 Å². The van der Waals surface area contributed by atoms with Gasteiger partial charge in [0.1, 0.15) is 0 Å². The maximum atomic E-state index is 11.4. The van der Waals surface area contributed by atoms with E-state index in [0.717, 1.165) is 19.3 Å². The molecule has 2 amide bonds. The molecule has 2 atom stereocenters. The molecule has 1 rings (SSSR count). The summed E-state index contributed by atoms with van der Waals surface area (Å²) >= 11 is 0. The van der Waals surface area contributed by atoms with Crippen LogP contribution in [0, 0.1) is 11.8 Å². The molecule has 0 spiro atoms. The van der Waals surface area contributed by atoms with E-state index < -0.39 is 11.9 Å². The van der Waals surface area contributed by atoms with Crippen molar-refractivity contribution >= 4 is 12.0 Å². The summed E-state index contributed by atoms with van der Waals surface area (Å²) < 4.78 is 0. The van der Waals surface area contributed by atoms with Crippen LogP contribution in [0.1, 0.15) is 32.6 Å². The van der Waals surface area contributed by atoms with Gasteiger partial charge in [0.25, 0.3) is 0 Å². The topological polar surface area (TPSA) is 78.4 Å². The van der Waals surface area contributed by atoms with Gasteiger partial charge in [-0.15, -0.1) is 0 Å². The molecule has 0 radical (unpaired) electrons. The lowest BCUT2D eigenvalue weighted by atomic mass is 9.94. The molecule has 5 heteroatoms. The summed E-state index contributed by atoms with van der Waals surface area (Å²) in [6.07, 6.45) is 8.01. The van der Waals surface area contributed by atoms with E-state index in [9.17, 15) is 9.59 Å². The molecule has 18 heavy (non-hydrogen) atoms. The van der Waals surface area contributed by atoms with E-state index in [-0.39, 0.29) is 6.03 Å². The van der Waals surface area contributed by atoms with E-state index in [2.05, 4.69) is 22.8 Å². The first-order valence-corrected chi connectivity index (χ1v) is 6.49. The molecule has 1 aliphatic carbocycles. The second-order valence-corrected chi connectivity index (χ2v) is 4.82. The third-order valence-corrected chi connectivity index (χ3v) is 3.21. The Morgan fingerprint density at radius 3 is 2.78 bits per heavy atom. The van der Waals surface area contributed by atoms with Crippen LogP contribution in [-0.4, -0.2) is 30.2 Å². The van der Waals surface area contributed by atoms with Gasteiger partial charge in [-0.1, -0.05) is 19.1 Å². The number of rotatable bonds is 6. The molecule has 3 N–H and O–H groups in total. The van der Waals surface area contributed by atoms with Crippen molar-refractivity contribution < 1.29 is 14.7 Å². The molecule has 0 bridgehead atoms. The van der Waals surface area contributed by atoms with E-state index in [0.29, 0.717) is 25.4 Å². The lowest BCUT2D eigenvalue weighted by Crippen LogP contribution is -2.39. The van der Waals surface area contributed by atoms with E-state index in [1.54, 1.807) is 6.92 Å². The highest BCUT2D eigenvalue weighted by Gasteiger charge is 2.12. The maximum Gasteiger partial charge on any atom is 0.314 e. The Hall–Kier alpha value is -1.52. The van der Waals surface area contributed by atoms with Crippen molar-refractivity contribution in [3.63, 3.8) is 0 Å². The molecular weight excluding hydrogens is 232 g/mol. The average molecular weight is 254 g/mol. The average Bonchev–Trinajstić information content (AvgIpc) is 2.37. The SMILES string of the molecule is CC(CCNC(=O)NCC1CC=CCC1)C(=O)O. The molecule has 2 unspecified atom stereocenters. The molecule has 0 aromatic carbocycles. The summed E-state index contributed by atoms with van der Waals surface area (Å²) in [6, 6.07) is -0.206. The summed E-state index contributed by atoms with van der Waals surface area (Å²) in [5.74, 6) is -0.723. The number of hydrogen-bond donors (Lipinski definition) is 3. The lowest BCUT2D eigenvalue weighted by molar-refractivity contribution is -0.141. The van der Waals surface area contributed by atoms with Gasteiger partial charge in [-0.2, -0.15) is 0 Å². The number of carboxylic acids is 1. The smallest absolute Gasteiger partial charge is 0.314 e. The Balaban J connectivity index is 2.06. The van der Waals surface area contributed by atoms with Crippen LogP contribution in [0.4, 0.5) is 4.79 Å². The van der Waals surface area contributed by atoms with Gasteiger partial charge in [0.15, 0.2) is 0 Å². The molecule has 0 aromatic heterocycles. The Labute approximate surface area is 108 Å². The quantitative estimate of drug-likeness (QED) is 0.632.